The number of thiocarbonyl (C=S) groups is 1. The number of hydrogen-bond donors (Lipinski definition) is 1. The fourth-order valence-corrected chi connectivity index (χ4v) is 1.91. The van der Waals surface area contributed by atoms with Gasteiger partial charge in [-0.1, -0.05) is 0 Å². The molecule has 0 bridgehead atoms. The molecule has 1 aliphatic carbocycles. The molecule has 1 fully saturated rings. The van der Waals surface area contributed by atoms with Crippen LogP contribution in [-0.4, -0.2) is 27.5 Å². The molecule has 0 aliphatic heterocycles. The normalized spacial score (nSPS) is 20.4. The Morgan fingerprint density at radius 3 is 1.92 bits per heavy atom. The molecule has 0 radical (unpaired) electrons. The SMILES string of the molecule is CC(=O)C1(C(O)=S)C(=O)CCC1=O. The summed E-state index contributed by atoms with van der Waals surface area (Å²) >= 11 is 4.39. The topological polar surface area (TPSA) is 71.4 Å². The first-order chi connectivity index (χ1) is 5.94. The van der Waals surface area contributed by atoms with Crippen LogP contribution in [0.3, 0.4) is 0 Å². The van der Waals surface area contributed by atoms with Crippen LogP contribution in [0.4, 0.5) is 0 Å². The van der Waals surface area contributed by atoms with E-state index >= 15 is 0 Å². The minimum Gasteiger partial charge on any atom is -0.501 e. The van der Waals surface area contributed by atoms with Crippen molar-refractivity contribution in [3.05, 3.63) is 0 Å². The van der Waals surface area contributed by atoms with Crippen molar-refractivity contribution in [2.75, 3.05) is 0 Å². The van der Waals surface area contributed by atoms with Gasteiger partial charge in [0, 0.05) is 12.8 Å². The highest BCUT2D eigenvalue weighted by atomic mass is 32.1. The molecule has 4 nitrogen and oxygen atoms in total. The van der Waals surface area contributed by atoms with E-state index in [1.807, 2.05) is 0 Å². The number of rotatable bonds is 2. The molecule has 5 heteroatoms. The standard InChI is InChI=1S/C8H8O4S/c1-4(9)8(7(12)13)5(10)2-3-6(8)11/h2-3H2,1H3,(H,12,13). The third kappa shape index (κ3) is 1.11. The Hall–Kier alpha value is -1.10. The van der Waals surface area contributed by atoms with Gasteiger partial charge in [-0.3, -0.25) is 14.4 Å². The zero-order chi connectivity index (χ0) is 10.2. The number of aliphatic hydroxyl groups excluding tert-OH is 1. The lowest BCUT2D eigenvalue weighted by Gasteiger charge is -2.18. The van der Waals surface area contributed by atoms with Crippen molar-refractivity contribution in [2.45, 2.75) is 19.8 Å². The first-order valence-electron chi connectivity index (χ1n) is 3.75. The number of hydrogen-bond acceptors (Lipinski definition) is 4. The number of aliphatic hydroxyl groups is 1. The van der Waals surface area contributed by atoms with Crippen LogP contribution >= 0.6 is 12.2 Å². The summed E-state index contributed by atoms with van der Waals surface area (Å²) in [6, 6.07) is 0. The molecule has 70 valence electrons. The number of Topliss-reactive ketones (excluding diaryl/α,β-unsaturated/α-hetero) is 3. The van der Waals surface area contributed by atoms with Crippen molar-refractivity contribution in [1.29, 1.82) is 0 Å². The van der Waals surface area contributed by atoms with E-state index in [1.165, 1.54) is 0 Å². The van der Waals surface area contributed by atoms with E-state index in [0.717, 1.165) is 6.92 Å². The number of carbonyl (C=O) groups excluding carboxylic acids is 3. The minimum absolute atomic E-state index is 0.0148. The maximum absolute atomic E-state index is 11.3. The molecule has 0 amide bonds. The van der Waals surface area contributed by atoms with Gasteiger partial charge < -0.3 is 5.11 Å². The van der Waals surface area contributed by atoms with E-state index in [0.29, 0.717) is 0 Å². The summed E-state index contributed by atoms with van der Waals surface area (Å²) in [4.78, 5) is 33.7. The Bertz CT molecular complexity index is 286. The average molecular weight is 200 g/mol. The van der Waals surface area contributed by atoms with Crippen molar-refractivity contribution >= 4 is 34.6 Å². The Balaban J connectivity index is 3.32. The summed E-state index contributed by atoms with van der Waals surface area (Å²) in [6.07, 6.45) is -0.0295. The highest BCUT2D eigenvalue weighted by molar-refractivity contribution is 7.80. The molecule has 0 spiro atoms. The summed E-state index contributed by atoms with van der Waals surface area (Å²) in [6.45, 7) is 1.09. The molecule has 0 unspecified atom stereocenters. The second kappa shape index (κ2) is 2.99. The van der Waals surface area contributed by atoms with Crippen LogP contribution in [0.1, 0.15) is 19.8 Å². The van der Waals surface area contributed by atoms with E-state index in [-0.39, 0.29) is 12.8 Å². The maximum atomic E-state index is 11.3. The van der Waals surface area contributed by atoms with Crippen LogP contribution in [0, 0.1) is 5.41 Å². The van der Waals surface area contributed by atoms with E-state index in [1.54, 1.807) is 0 Å². The van der Waals surface area contributed by atoms with Crippen LogP contribution in [-0.2, 0) is 14.4 Å². The number of carbonyl (C=O) groups is 3. The van der Waals surface area contributed by atoms with Gasteiger partial charge in [0.15, 0.2) is 22.4 Å². The van der Waals surface area contributed by atoms with Crippen LogP contribution in [0.25, 0.3) is 0 Å². The molecule has 0 aromatic carbocycles. The lowest BCUT2D eigenvalue weighted by molar-refractivity contribution is -0.139. The fourth-order valence-electron chi connectivity index (χ4n) is 1.54. The molecule has 13 heavy (non-hydrogen) atoms. The highest BCUT2D eigenvalue weighted by Gasteiger charge is 2.57. The van der Waals surface area contributed by atoms with Crippen LogP contribution in [0.15, 0.2) is 0 Å². The lowest BCUT2D eigenvalue weighted by Crippen LogP contribution is -2.46. The van der Waals surface area contributed by atoms with Crippen LogP contribution < -0.4 is 0 Å². The molecule has 0 atom stereocenters. The lowest BCUT2D eigenvalue weighted by atomic mass is 9.81. The summed E-state index contributed by atoms with van der Waals surface area (Å²) in [7, 11) is 0. The summed E-state index contributed by atoms with van der Waals surface area (Å²) < 4.78 is 0. The van der Waals surface area contributed by atoms with Gasteiger partial charge in [-0.15, -0.1) is 0 Å². The largest absolute Gasteiger partial charge is 0.501 e. The fraction of sp³-hybridized carbons (Fsp3) is 0.500. The van der Waals surface area contributed by atoms with Gasteiger partial charge in [-0.25, -0.2) is 0 Å². The average Bonchev–Trinajstić information content (AvgIpc) is 2.27. The third-order valence-corrected chi connectivity index (χ3v) is 2.57. The highest BCUT2D eigenvalue weighted by Crippen LogP contribution is 2.33. The molecule has 1 N–H and O–H groups in total. The minimum atomic E-state index is -2.02. The number of ketones is 3. The third-order valence-electron chi connectivity index (χ3n) is 2.26. The molecule has 0 aromatic heterocycles. The monoisotopic (exact) mass is 200 g/mol. The van der Waals surface area contributed by atoms with Crippen molar-refractivity contribution in [3.8, 4) is 0 Å². The van der Waals surface area contributed by atoms with Crippen molar-refractivity contribution < 1.29 is 19.5 Å². The maximum Gasteiger partial charge on any atom is 0.212 e. The molecule has 1 rings (SSSR count). The molecular formula is C8H8O4S. The van der Waals surface area contributed by atoms with Gasteiger partial charge in [-0.05, 0) is 19.1 Å². The van der Waals surface area contributed by atoms with E-state index in [4.69, 9.17) is 5.11 Å². The molecule has 1 saturated carbocycles. The van der Waals surface area contributed by atoms with E-state index in [2.05, 4.69) is 12.2 Å². The van der Waals surface area contributed by atoms with Gasteiger partial charge in [0.25, 0.3) is 0 Å². The summed E-state index contributed by atoms with van der Waals surface area (Å²) in [5.74, 6) is -1.86. The zero-order valence-corrected chi connectivity index (χ0v) is 7.81. The Morgan fingerprint density at radius 2 is 1.77 bits per heavy atom. The van der Waals surface area contributed by atoms with Gasteiger partial charge in [0.1, 0.15) is 0 Å². The van der Waals surface area contributed by atoms with Crippen molar-refractivity contribution in [2.24, 2.45) is 5.41 Å². The van der Waals surface area contributed by atoms with Crippen LogP contribution in [0.5, 0.6) is 0 Å². The van der Waals surface area contributed by atoms with Gasteiger partial charge in [0.2, 0.25) is 5.41 Å². The van der Waals surface area contributed by atoms with Crippen LogP contribution in [0.2, 0.25) is 0 Å². The predicted molar refractivity (Wildman–Crippen MR) is 47.6 cm³/mol. The zero-order valence-electron chi connectivity index (χ0n) is 6.99. The Kier molecular flexibility index (Phi) is 2.30. The van der Waals surface area contributed by atoms with Gasteiger partial charge in [0.05, 0.1) is 0 Å². The second-order valence-corrected chi connectivity index (χ2v) is 3.34. The van der Waals surface area contributed by atoms with E-state index < -0.39 is 27.8 Å². The molecule has 0 saturated heterocycles. The van der Waals surface area contributed by atoms with Gasteiger partial charge >= 0.3 is 0 Å². The summed E-state index contributed by atoms with van der Waals surface area (Å²) in [5, 5.41) is 8.27. The predicted octanol–water partition coefficient (Wildman–Crippen LogP) is 0.379. The molecule has 1 aliphatic rings. The molecule has 0 heterocycles. The first-order valence-corrected chi connectivity index (χ1v) is 4.16. The van der Waals surface area contributed by atoms with Crippen molar-refractivity contribution in [1.82, 2.24) is 0 Å². The molecule has 0 aromatic rings. The second-order valence-electron chi connectivity index (χ2n) is 2.96. The summed E-state index contributed by atoms with van der Waals surface area (Å²) in [5.41, 5.74) is -2.02. The quantitative estimate of drug-likeness (QED) is 0.515. The van der Waals surface area contributed by atoms with Crippen molar-refractivity contribution in [3.63, 3.8) is 0 Å². The smallest absolute Gasteiger partial charge is 0.212 e. The van der Waals surface area contributed by atoms with Gasteiger partial charge in [-0.2, -0.15) is 0 Å². The first kappa shape index (κ1) is 9.98. The Morgan fingerprint density at radius 1 is 1.38 bits per heavy atom. The van der Waals surface area contributed by atoms with E-state index in [9.17, 15) is 14.4 Å². The molecular weight excluding hydrogens is 192 g/mol. The Labute approximate surface area is 79.9 Å².